The Morgan fingerprint density at radius 1 is 0.636 bits per heavy atom. The molecule has 0 N–H and O–H groups in total. The molecule has 0 aromatic rings. The van der Waals surface area contributed by atoms with Crippen molar-refractivity contribution in [2.75, 3.05) is 39.6 Å². The summed E-state index contributed by atoms with van der Waals surface area (Å²) in [5.41, 5.74) is 0. The van der Waals surface area contributed by atoms with Crippen LogP contribution < -0.4 is 15.3 Å². The van der Waals surface area contributed by atoms with E-state index in [4.69, 9.17) is 0 Å². The van der Waals surface area contributed by atoms with Crippen molar-refractivity contribution in [2.45, 2.75) is 20.8 Å². The van der Waals surface area contributed by atoms with E-state index in [1.165, 1.54) is 0 Å². The standard InChI is InChI=1S/3C4H8O3.Bi/c3*1-2-7-3-4(5)6;/h3*2-3H2,1H3,(H,5,6);/q;;;+3/p-3. The largest absolute Gasteiger partial charge is 3.00 e. The predicted molar refractivity (Wildman–Crippen MR) is 70.3 cm³/mol. The van der Waals surface area contributed by atoms with Gasteiger partial charge in [-0.25, -0.2) is 0 Å². The molecule has 0 atom stereocenters. The van der Waals surface area contributed by atoms with Crippen LogP contribution >= 0.6 is 0 Å². The number of carboxylic acids is 3. The van der Waals surface area contributed by atoms with Gasteiger partial charge in [0.05, 0.1) is 37.7 Å². The number of hydrogen-bond donors (Lipinski definition) is 0. The Hall–Kier alpha value is -0.827. The van der Waals surface area contributed by atoms with Gasteiger partial charge in [-0.1, -0.05) is 0 Å². The average molecular weight is 518 g/mol. The van der Waals surface area contributed by atoms with E-state index < -0.39 is 17.9 Å². The van der Waals surface area contributed by atoms with Crippen LogP contribution in [0.3, 0.4) is 0 Å². The van der Waals surface area contributed by atoms with E-state index in [9.17, 15) is 29.7 Å². The van der Waals surface area contributed by atoms with Gasteiger partial charge in [0.15, 0.2) is 0 Å². The zero-order valence-electron chi connectivity index (χ0n) is 12.9. The molecular weight excluding hydrogens is 497 g/mol. The maximum Gasteiger partial charge on any atom is 3.00 e. The number of hydrogen-bond acceptors (Lipinski definition) is 9. The maximum absolute atomic E-state index is 9.52. The van der Waals surface area contributed by atoms with Crippen molar-refractivity contribution < 1.29 is 43.9 Å². The van der Waals surface area contributed by atoms with Crippen LogP contribution in [-0.4, -0.2) is 83.8 Å². The van der Waals surface area contributed by atoms with Crippen LogP contribution in [0.15, 0.2) is 0 Å². The van der Waals surface area contributed by atoms with Gasteiger partial charge in [0.25, 0.3) is 0 Å². The Morgan fingerprint density at radius 3 is 0.864 bits per heavy atom. The summed E-state index contributed by atoms with van der Waals surface area (Å²) < 4.78 is 13.3. The third-order valence-electron chi connectivity index (χ3n) is 1.27. The zero-order chi connectivity index (χ0) is 17.1. The molecule has 0 rings (SSSR count). The van der Waals surface area contributed by atoms with Crippen molar-refractivity contribution in [2.24, 2.45) is 0 Å². The molecule has 0 aliphatic carbocycles. The molecule has 0 amide bonds. The van der Waals surface area contributed by atoms with E-state index in [2.05, 4.69) is 14.2 Å². The van der Waals surface area contributed by atoms with Gasteiger partial charge in [-0.15, -0.1) is 0 Å². The molecule has 0 aliphatic heterocycles. The molecule has 0 saturated heterocycles. The van der Waals surface area contributed by atoms with Gasteiger partial charge in [-0.05, 0) is 20.8 Å². The van der Waals surface area contributed by atoms with Gasteiger partial charge in [0.2, 0.25) is 0 Å². The second-order valence-corrected chi connectivity index (χ2v) is 3.03. The fraction of sp³-hybridized carbons (Fsp3) is 0.750. The van der Waals surface area contributed by atoms with Crippen LogP contribution in [0.2, 0.25) is 0 Å². The van der Waals surface area contributed by atoms with Gasteiger partial charge >= 0.3 is 26.2 Å². The fourth-order valence-electron chi connectivity index (χ4n) is 0.556. The number of rotatable bonds is 9. The summed E-state index contributed by atoms with van der Waals surface area (Å²) in [6, 6.07) is 0. The molecule has 0 spiro atoms. The molecular formula is C12H21BiO9. The van der Waals surface area contributed by atoms with Crippen LogP contribution in [0.1, 0.15) is 20.8 Å². The predicted octanol–water partition coefficient (Wildman–Crippen LogP) is -4.06. The molecule has 0 saturated carbocycles. The van der Waals surface area contributed by atoms with Crippen molar-refractivity contribution in [3.05, 3.63) is 0 Å². The van der Waals surface area contributed by atoms with E-state index in [1.54, 1.807) is 20.8 Å². The first-order valence-electron chi connectivity index (χ1n) is 6.14. The molecule has 0 unspecified atom stereocenters. The minimum absolute atomic E-state index is 0. The summed E-state index contributed by atoms with van der Waals surface area (Å²) in [4.78, 5) is 28.6. The summed E-state index contributed by atoms with van der Waals surface area (Å²) in [7, 11) is 0. The monoisotopic (exact) mass is 518 g/mol. The Balaban J connectivity index is -0.000000108. The van der Waals surface area contributed by atoms with Crippen LogP contribution in [0.5, 0.6) is 0 Å². The van der Waals surface area contributed by atoms with Crippen LogP contribution in [0, 0.1) is 0 Å². The summed E-state index contributed by atoms with van der Waals surface area (Å²) in [5.74, 6) is -3.49. The molecule has 0 aromatic carbocycles. The van der Waals surface area contributed by atoms with Crippen molar-refractivity contribution in [3.63, 3.8) is 0 Å². The van der Waals surface area contributed by atoms with E-state index in [-0.39, 0.29) is 46.0 Å². The first kappa shape index (κ1) is 29.2. The van der Waals surface area contributed by atoms with Gasteiger partial charge < -0.3 is 43.9 Å². The quantitative estimate of drug-likeness (QED) is 0.278. The molecule has 0 aliphatic rings. The topological polar surface area (TPSA) is 148 Å². The maximum atomic E-state index is 9.52. The molecule has 22 heavy (non-hydrogen) atoms. The number of aliphatic carboxylic acids is 3. The molecule has 10 heteroatoms. The average Bonchev–Trinajstić information content (AvgIpc) is 2.41. The second-order valence-electron chi connectivity index (χ2n) is 3.03. The van der Waals surface area contributed by atoms with Gasteiger partial charge in [0, 0.05) is 19.8 Å². The smallest absolute Gasteiger partial charge is 0.548 e. The molecule has 0 heterocycles. The Morgan fingerprint density at radius 2 is 0.818 bits per heavy atom. The van der Waals surface area contributed by atoms with E-state index >= 15 is 0 Å². The third-order valence-corrected chi connectivity index (χ3v) is 1.27. The minimum atomic E-state index is -1.16. The van der Waals surface area contributed by atoms with E-state index in [0.717, 1.165) is 0 Å². The summed E-state index contributed by atoms with van der Waals surface area (Å²) >= 11 is 0. The first-order valence-corrected chi connectivity index (χ1v) is 6.14. The number of carbonyl (C=O) groups excluding carboxylic acids is 3. The molecule has 0 bridgehead atoms. The van der Waals surface area contributed by atoms with Crippen molar-refractivity contribution >= 4 is 44.1 Å². The van der Waals surface area contributed by atoms with Crippen LogP contribution in [-0.2, 0) is 28.6 Å². The van der Waals surface area contributed by atoms with Crippen molar-refractivity contribution in [3.8, 4) is 0 Å². The normalized spacial score (nSPS) is 8.32. The van der Waals surface area contributed by atoms with Crippen LogP contribution in [0.25, 0.3) is 0 Å². The number of carbonyl (C=O) groups is 3. The molecule has 0 fully saturated rings. The van der Waals surface area contributed by atoms with Crippen molar-refractivity contribution in [1.29, 1.82) is 0 Å². The van der Waals surface area contributed by atoms with E-state index in [0.29, 0.717) is 19.8 Å². The summed E-state index contributed by atoms with van der Waals surface area (Å²) in [5, 5.41) is 28.6. The minimum Gasteiger partial charge on any atom is -0.548 e. The Kier molecular flexibility index (Phi) is 33.4. The Bertz CT molecular complexity index is 229. The SMILES string of the molecule is CCOCC(=O)[O-].CCOCC(=O)[O-].CCOCC(=O)[O-].[Bi+3]. The third kappa shape index (κ3) is 50.7. The second kappa shape index (κ2) is 25.1. The molecule has 128 valence electrons. The van der Waals surface area contributed by atoms with Gasteiger partial charge in [0.1, 0.15) is 0 Å². The number of ether oxygens (including phenoxy) is 3. The summed E-state index contributed by atoms with van der Waals surface area (Å²) in [6.07, 6.45) is 0. The van der Waals surface area contributed by atoms with Gasteiger partial charge in [-0.3, -0.25) is 0 Å². The van der Waals surface area contributed by atoms with Crippen molar-refractivity contribution in [1.82, 2.24) is 0 Å². The zero-order valence-corrected chi connectivity index (χ0v) is 16.3. The molecule has 9 nitrogen and oxygen atoms in total. The summed E-state index contributed by atoms with van der Waals surface area (Å²) in [6.45, 7) is 5.56. The van der Waals surface area contributed by atoms with E-state index in [1.807, 2.05) is 0 Å². The van der Waals surface area contributed by atoms with Gasteiger partial charge in [-0.2, -0.15) is 0 Å². The molecule has 2 radical (unpaired) electrons. The van der Waals surface area contributed by atoms with Crippen LogP contribution in [0.4, 0.5) is 0 Å². The first-order chi connectivity index (χ1) is 9.81. The molecule has 0 aromatic heterocycles. The Labute approximate surface area is 148 Å². The fourth-order valence-corrected chi connectivity index (χ4v) is 0.556. The number of carboxylic acid groups (broad SMARTS) is 3.